The van der Waals surface area contributed by atoms with E-state index in [0.29, 0.717) is 12.2 Å². The van der Waals surface area contributed by atoms with E-state index in [0.717, 1.165) is 17.9 Å². The lowest BCUT2D eigenvalue weighted by molar-refractivity contribution is -0.123. The second-order valence-corrected chi connectivity index (χ2v) is 6.58. The molecule has 4 nitrogen and oxygen atoms in total. The maximum Gasteiger partial charge on any atom is 0.150 e. The van der Waals surface area contributed by atoms with Gasteiger partial charge in [-0.1, -0.05) is 44.2 Å². The summed E-state index contributed by atoms with van der Waals surface area (Å²) in [7, 11) is 0. The van der Waals surface area contributed by atoms with E-state index in [2.05, 4.69) is 52.5 Å². The second kappa shape index (κ2) is 6.02. The number of likely N-dealkylation sites (tertiary alicyclic amines) is 1. The Morgan fingerprint density at radius 3 is 2.62 bits per heavy atom. The van der Waals surface area contributed by atoms with E-state index < -0.39 is 0 Å². The molecular weight excluding hydrogens is 298 g/mol. The van der Waals surface area contributed by atoms with Crippen molar-refractivity contribution >= 4 is 11.5 Å². The van der Waals surface area contributed by atoms with Crippen LogP contribution in [0.25, 0.3) is 0 Å². The first-order valence-electron chi connectivity index (χ1n) is 8.81. The zero-order valence-corrected chi connectivity index (χ0v) is 14.1. The Morgan fingerprint density at radius 2 is 1.92 bits per heavy atom. The van der Waals surface area contributed by atoms with Crippen LogP contribution in [0.2, 0.25) is 0 Å². The van der Waals surface area contributed by atoms with Crippen molar-refractivity contribution in [2.75, 3.05) is 11.9 Å². The second-order valence-electron chi connectivity index (χ2n) is 6.58. The quantitative estimate of drug-likeness (QED) is 0.937. The lowest BCUT2D eigenvalue weighted by atomic mass is 9.80. The van der Waals surface area contributed by atoms with Crippen LogP contribution >= 0.6 is 0 Å². The van der Waals surface area contributed by atoms with Gasteiger partial charge in [0.25, 0.3) is 0 Å². The Kier molecular flexibility index (Phi) is 3.85. The summed E-state index contributed by atoms with van der Waals surface area (Å²) in [4.78, 5) is 19.8. The number of likely N-dealkylation sites (N-methyl/N-ethyl adjacent to an activating group) is 1. The van der Waals surface area contributed by atoms with Crippen LogP contribution in [0.15, 0.2) is 48.7 Å². The minimum atomic E-state index is -0.0833. The van der Waals surface area contributed by atoms with Gasteiger partial charge in [-0.05, 0) is 24.2 Å². The monoisotopic (exact) mass is 321 g/mol. The lowest BCUT2D eigenvalue weighted by Crippen LogP contribution is -2.44. The van der Waals surface area contributed by atoms with E-state index in [1.807, 2.05) is 25.3 Å². The molecule has 0 bridgehead atoms. The Hall–Kier alpha value is -2.20. The van der Waals surface area contributed by atoms with Gasteiger partial charge < -0.3 is 5.32 Å². The predicted octanol–water partition coefficient (Wildman–Crippen LogP) is 3.38. The van der Waals surface area contributed by atoms with Crippen LogP contribution in [0.4, 0.5) is 5.69 Å². The minimum Gasteiger partial charge on any atom is -0.367 e. The number of nitrogens with zero attached hydrogens (tertiary/aromatic N) is 2. The maximum absolute atomic E-state index is 12.8. The average Bonchev–Trinajstić information content (AvgIpc) is 3.15. The smallest absolute Gasteiger partial charge is 0.150 e. The van der Waals surface area contributed by atoms with Crippen molar-refractivity contribution in [3.8, 4) is 0 Å². The normalized spacial score (nSPS) is 28.2. The zero-order valence-electron chi connectivity index (χ0n) is 14.1. The minimum absolute atomic E-state index is 0.0833. The highest BCUT2D eigenvalue weighted by molar-refractivity contribution is 5.86. The van der Waals surface area contributed by atoms with Gasteiger partial charge in [0.15, 0.2) is 0 Å². The van der Waals surface area contributed by atoms with E-state index in [4.69, 9.17) is 0 Å². The summed E-state index contributed by atoms with van der Waals surface area (Å²) < 4.78 is 0. The third kappa shape index (κ3) is 2.17. The van der Waals surface area contributed by atoms with E-state index in [1.54, 1.807) is 0 Å². The summed E-state index contributed by atoms with van der Waals surface area (Å²) >= 11 is 0. The molecule has 0 saturated carbocycles. The van der Waals surface area contributed by atoms with Gasteiger partial charge in [0.05, 0.1) is 23.6 Å². The molecule has 1 aromatic carbocycles. The van der Waals surface area contributed by atoms with Gasteiger partial charge in [0, 0.05) is 24.5 Å². The van der Waals surface area contributed by atoms with Crippen LogP contribution < -0.4 is 5.32 Å². The van der Waals surface area contributed by atoms with Crippen LogP contribution in [0.3, 0.4) is 0 Å². The summed E-state index contributed by atoms with van der Waals surface area (Å²) in [5.41, 5.74) is 3.44. The van der Waals surface area contributed by atoms with Crippen LogP contribution in [0.1, 0.15) is 43.4 Å². The molecule has 1 saturated heterocycles. The number of carbonyl (C=O) groups excluding carboxylic acids is 1. The molecule has 24 heavy (non-hydrogen) atoms. The molecule has 0 aliphatic carbocycles. The molecule has 1 N–H and O–H groups in total. The van der Waals surface area contributed by atoms with Crippen molar-refractivity contribution in [1.29, 1.82) is 0 Å². The summed E-state index contributed by atoms with van der Waals surface area (Å²) in [5, 5.41) is 3.62. The Labute approximate surface area is 142 Å². The molecule has 124 valence electrons. The number of rotatable bonds is 4. The number of fused-ring (bicyclic) bond motifs is 3. The molecule has 0 amide bonds. The van der Waals surface area contributed by atoms with Crippen molar-refractivity contribution in [3.63, 3.8) is 0 Å². The summed E-state index contributed by atoms with van der Waals surface area (Å²) in [6.45, 7) is 4.95. The van der Waals surface area contributed by atoms with Crippen LogP contribution in [-0.4, -0.2) is 34.4 Å². The maximum atomic E-state index is 12.8. The fourth-order valence-corrected chi connectivity index (χ4v) is 4.49. The highest BCUT2D eigenvalue weighted by Crippen LogP contribution is 2.52. The van der Waals surface area contributed by atoms with Crippen LogP contribution in [0.5, 0.6) is 0 Å². The summed E-state index contributed by atoms with van der Waals surface area (Å²) in [5.74, 6) is 0.677. The molecule has 4 unspecified atom stereocenters. The first-order chi connectivity index (χ1) is 11.8. The number of hydrogen-bond donors (Lipinski definition) is 1. The third-order valence-corrected chi connectivity index (χ3v) is 5.47. The SMILES string of the molecule is CCC(=O)C1C(c2ccccc2)C2c3ncccc3NC2N1CC. The number of ketones is 1. The molecule has 3 heterocycles. The molecular formula is C20H23N3O. The average molecular weight is 321 g/mol. The van der Waals surface area contributed by atoms with E-state index in [-0.39, 0.29) is 24.0 Å². The molecule has 2 aliphatic heterocycles. The summed E-state index contributed by atoms with van der Waals surface area (Å²) in [6, 6.07) is 14.4. The van der Waals surface area contributed by atoms with E-state index in [9.17, 15) is 4.79 Å². The van der Waals surface area contributed by atoms with Gasteiger partial charge in [-0.25, -0.2) is 0 Å². The van der Waals surface area contributed by atoms with Gasteiger partial charge in [-0.2, -0.15) is 0 Å². The van der Waals surface area contributed by atoms with Gasteiger partial charge >= 0.3 is 0 Å². The molecule has 1 fully saturated rings. The first kappa shape index (κ1) is 15.3. The van der Waals surface area contributed by atoms with Gasteiger partial charge in [-0.15, -0.1) is 0 Å². The molecule has 4 heteroatoms. The first-order valence-corrected chi connectivity index (χ1v) is 8.81. The number of pyridine rings is 1. The number of anilines is 1. The number of hydrogen-bond acceptors (Lipinski definition) is 4. The van der Waals surface area contributed by atoms with Crippen LogP contribution in [0, 0.1) is 0 Å². The van der Waals surface area contributed by atoms with Crippen molar-refractivity contribution in [2.24, 2.45) is 0 Å². The highest BCUT2D eigenvalue weighted by Gasteiger charge is 2.55. The van der Waals surface area contributed by atoms with E-state index in [1.165, 1.54) is 5.56 Å². The summed E-state index contributed by atoms with van der Waals surface area (Å²) in [6.07, 6.45) is 2.57. The topological polar surface area (TPSA) is 45.2 Å². The van der Waals surface area contributed by atoms with Gasteiger partial charge in [-0.3, -0.25) is 14.7 Å². The van der Waals surface area contributed by atoms with Crippen LogP contribution in [-0.2, 0) is 4.79 Å². The molecule has 1 aromatic heterocycles. The molecule has 2 aliphatic rings. The zero-order chi connectivity index (χ0) is 16.7. The molecule has 4 rings (SSSR count). The number of nitrogens with one attached hydrogen (secondary N) is 1. The van der Waals surface area contributed by atoms with Gasteiger partial charge in [0.2, 0.25) is 0 Å². The number of benzene rings is 1. The Morgan fingerprint density at radius 1 is 1.12 bits per heavy atom. The molecule has 0 radical (unpaired) electrons. The fourth-order valence-electron chi connectivity index (χ4n) is 4.49. The predicted molar refractivity (Wildman–Crippen MR) is 95.0 cm³/mol. The standard InChI is InChI=1S/C20H23N3O/c1-3-15(24)19-16(13-9-6-5-7-10-13)17-18-14(11-8-12-21-18)22-20(17)23(19)4-2/h5-12,16-17,19-20,22H,3-4H2,1-2H3. The van der Waals surface area contributed by atoms with Crippen molar-refractivity contribution < 1.29 is 4.79 Å². The number of Topliss-reactive ketones (excluding diaryl/α,β-unsaturated/α-hetero) is 1. The van der Waals surface area contributed by atoms with Gasteiger partial charge in [0.1, 0.15) is 5.78 Å². The number of aromatic nitrogens is 1. The lowest BCUT2D eigenvalue weighted by Gasteiger charge is -2.29. The Balaban J connectivity index is 1.86. The highest BCUT2D eigenvalue weighted by atomic mass is 16.1. The number of carbonyl (C=O) groups is 1. The van der Waals surface area contributed by atoms with Crippen molar-refractivity contribution in [1.82, 2.24) is 9.88 Å². The third-order valence-electron chi connectivity index (χ3n) is 5.47. The van der Waals surface area contributed by atoms with Crippen molar-refractivity contribution in [3.05, 3.63) is 59.9 Å². The fraction of sp³-hybridized carbons (Fsp3) is 0.400. The molecule has 4 atom stereocenters. The Bertz CT molecular complexity index is 746. The molecule has 2 aromatic rings. The van der Waals surface area contributed by atoms with Crippen molar-refractivity contribution in [2.45, 2.75) is 44.3 Å². The molecule has 0 spiro atoms. The van der Waals surface area contributed by atoms with E-state index >= 15 is 0 Å². The largest absolute Gasteiger partial charge is 0.367 e.